The van der Waals surface area contributed by atoms with E-state index in [2.05, 4.69) is 42.5 Å². The molecule has 0 radical (unpaired) electrons. The fourth-order valence-corrected chi connectivity index (χ4v) is 7.04. The number of hydrogen-bond donors (Lipinski definition) is 15. The Bertz CT molecular complexity index is 1920. The van der Waals surface area contributed by atoms with E-state index in [0.29, 0.717) is 24.2 Å². The number of carboxylic acids is 2. The maximum absolute atomic E-state index is 13.7. The summed E-state index contributed by atoms with van der Waals surface area (Å²) in [5.41, 5.74) is 12.3. The number of aliphatic hydroxyl groups excluding tert-OH is 2. The van der Waals surface area contributed by atoms with Crippen LogP contribution in [-0.4, -0.2) is 171 Å². The Labute approximate surface area is 410 Å². The molecule has 0 unspecified atom stereocenters. The van der Waals surface area contributed by atoms with Gasteiger partial charge in [0.25, 0.3) is 0 Å². The van der Waals surface area contributed by atoms with Crippen molar-refractivity contribution in [1.29, 1.82) is 0 Å². The van der Waals surface area contributed by atoms with E-state index in [1.54, 1.807) is 46.1 Å². The van der Waals surface area contributed by atoms with E-state index in [0.717, 1.165) is 6.92 Å². The molecule has 9 atom stereocenters. The number of carbonyl (C=O) groups is 10. The topological polar surface area (TPSA) is 420 Å². The van der Waals surface area contributed by atoms with E-state index >= 15 is 0 Å². The molecule has 0 aromatic heterocycles. The molecule has 70 heavy (non-hydrogen) atoms. The van der Waals surface area contributed by atoms with Crippen molar-refractivity contribution in [2.45, 2.75) is 134 Å². The molecule has 0 aliphatic heterocycles. The molecule has 25 nitrogen and oxygen atoms in total. The smallest absolute Gasteiger partial charge is 0.326 e. The zero-order chi connectivity index (χ0) is 53.2. The van der Waals surface area contributed by atoms with Gasteiger partial charge in [-0.25, -0.2) is 4.79 Å². The molecule has 0 saturated carbocycles. The van der Waals surface area contributed by atoms with Gasteiger partial charge < -0.3 is 79.5 Å². The van der Waals surface area contributed by atoms with Crippen molar-refractivity contribution in [3.63, 3.8) is 0 Å². The third-order valence-corrected chi connectivity index (χ3v) is 11.1. The third-order valence-electron chi connectivity index (χ3n) is 10.5. The number of thioether (sulfide) groups is 1. The number of amides is 8. The first kappa shape index (κ1) is 61.9. The molecule has 0 bridgehead atoms. The summed E-state index contributed by atoms with van der Waals surface area (Å²) in [6, 6.07) is -5.74. The van der Waals surface area contributed by atoms with Crippen molar-refractivity contribution in [1.82, 2.24) is 42.5 Å². The van der Waals surface area contributed by atoms with Crippen molar-refractivity contribution in [2.75, 3.05) is 31.7 Å². The maximum Gasteiger partial charge on any atom is 0.326 e. The van der Waals surface area contributed by atoms with Crippen LogP contribution in [0.15, 0.2) is 24.3 Å². The minimum absolute atomic E-state index is 0.0186. The summed E-state index contributed by atoms with van der Waals surface area (Å²) in [6.45, 7) is 6.23. The Morgan fingerprint density at radius 3 is 1.70 bits per heavy atom. The van der Waals surface area contributed by atoms with Crippen LogP contribution in [0.25, 0.3) is 0 Å². The quantitative estimate of drug-likeness (QED) is 0.0301. The van der Waals surface area contributed by atoms with Gasteiger partial charge in [-0.3, -0.25) is 43.2 Å². The zero-order valence-electron chi connectivity index (χ0n) is 40.3. The zero-order valence-corrected chi connectivity index (χ0v) is 41.1. The number of rotatable bonds is 33. The van der Waals surface area contributed by atoms with Crippen molar-refractivity contribution in [3.8, 4) is 5.75 Å². The van der Waals surface area contributed by atoms with E-state index in [1.165, 1.54) is 23.9 Å². The van der Waals surface area contributed by atoms with Gasteiger partial charge in [-0.1, -0.05) is 39.8 Å². The molecule has 0 fully saturated rings. The number of aliphatic carboxylic acids is 2. The van der Waals surface area contributed by atoms with Gasteiger partial charge in [-0.15, -0.1) is 0 Å². The van der Waals surface area contributed by atoms with Gasteiger partial charge in [0.05, 0.1) is 31.7 Å². The van der Waals surface area contributed by atoms with E-state index in [4.69, 9.17) is 11.5 Å². The van der Waals surface area contributed by atoms with Gasteiger partial charge in [0.1, 0.15) is 48.0 Å². The number of aliphatic hydroxyl groups is 2. The average molecular weight is 1010 g/mol. The Hall–Kier alpha value is -6.09. The second kappa shape index (κ2) is 31.9. The van der Waals surface area contributed by atoms with Crippen molar-refractivity contribution in [2.24, 2.45) is 23.3 Å². The number of hydrogen-bond acceptors (Lipinski definition) is 16. The highest BCUT2D eigenvalue weighted by Crippen LogP contribution is 2.13. The maximum atomic E-state index is 13.7. The van der Waals surface area contributed by atoms with Crippen LogP contribution in [0.1, 0.15) is 78.7 Å². The molecule has 0 spiro atoms. The number of carboxylic acid groups (broad SMARTS) is 2. The summed E-state index contributed by atoms with van der Waals surface area (Å²) in [6.07, 6.45) is 0.0437. The normalized spacial score (nSPS) is 15.0. The Balaban J connectivity index is 3.14. The summed E-state index contributed by atoms with van der Waals surface area (Å²) >= 11 is 1.30. The number of aromatic hydroxyl groups is 1. The highest BCUT2D eigenvalue weighted by Gasteiger charge is 2.36. The van der Waals surface area contributed by atoms with Gasteiger partial charge >= 0.3 is 11.9 Å². The first-order valence-corrected chi connectivity index (χ1v) is 24.1. The van der Waals surface area contributed by atoms with Crippen LogP contribution in [-0.2, 0) is 54.4 Å². The minimum Gasteiger partial charge on any atom is -0.508 e. The molecule has 0 aliphatic rings. The van der Waals surface area contributed by atoms with Gasteiger partial charge in [0.2, 0.25) is 47.3 Å². The highest BCUT2D eigenvalue weighted by molar-refractivity contribution is 7.98. The number of nitrogens with two attached hydrogens (primary N) is 2. The molecule has 0 aliphatic carbocycles. The largest absolute Gasteiger partial charge is 0.508 e. The number of carbonyl (C=O) groups excluding carboxylic acids is 8. The summed E-state index contributed by atoms with van der Waals surface area (Å²) in [5, 5.41) is 67.9. The summed E-state index contributed by atoms with van der Waals surface area (Å²) in [7, 11) is 0. The van der Waals surface area contributed by atoms with Gasteiger partial charge in [-0.2, -0.15) is 11.8 Å². The van der Waals surface area contributed by atoms with Gasteiger partial charge in [0.15, 0.2) is 0 Å². The van der Waals surface area contributed by atoms with E-state index in [9.17, 15) is 73.5 Å². The number of phenols is 1. The molecule has 17 N–H and O–H groups in total. The van der Waals surface area contributed by atoms with Crippen LogP contribution in [0.5, 0.6) is 5.75 Å². The number of benzene rings is 1. The molecule has 1 rings (SSSR count). The number of phenolic OH excluding ortho intramolecular Hbond substituents is 1. The third kappa shape index (κ3) is 23.0. The lowest BCUT2D eigenvalue weighted by Gasteiger charge is -2.28. The van der Waals surface area contributed by atoms with E-state index < -0.39 is 139 Å². The van der Waals surface area contributed by atoms with Crippen LogP contribution in [0.4, 0.5) is 0 Å². The molecule has 0 saturated heterocycles. The van der Waals surface area contributed by atoms with Crippen LogP contribution in [0.3, 0.4) is 0 Å². The molecular weight excluding hydrogens is 941 g/mol. The van der Waals surface area contributed by atoms with Crippen molar-refractivity contribution in [3.05, 3.63) is 29.8 Å². The standard InChI is InChI=1S/C44H72N10O15S/c1-22(2)17-30(50-37(61)27(46)18-25-10-12-26(57)13-11-25)41(65)49-29(14-16-70-6)39(63)51-31(19-34(59)60)42(66)54-36(24(5)56)43(67)52-32(21-55)38(62)47-20-33(58)48-28(9-7-8-15-45)40(64)53-35(23(3)4)44(68)69/h10-13,22-24,27-32,35-36,55-57H,7-9,14-21,45-46H2,1-6H3,(H,47,62)(H,48,58)(H,49,65)(H,50,61)(H,51,63)(H,52,67)(H,53,64)(H,54,66)(H,59,60)(H,68,69)/t24-,27+,28+,29+,30+,31+,32+,35+,36+/m1/s1. The van der Waals surface area contributed by atoms with Crippen LogP contribution in [0, 0.1) is 11.8 Å². The van der Waals surface area contributed by atoms with Crippen molar-refractivity contribution < 1.29 is 73.5 Å². The second-order valence-corrected chi connectivity index (χ2v) is 18.3. The number of nitrogens with one attached hydrogen (secondary N) is 8. The van der Waals surface area contributed by atoms with Gasteiger partial charge in [-0.05, 0) is 93.5 Å². The first-order chi connectivity index (χ1) is 32.8. The molecular formula is C44H72N10O15S. The fraction of sp³-hybridized carbons (Fsp3) is 0.636. The van der Waals surface area contributed by atoms with E-state index in [1.807, 2.05) is 0 Å². The lowest BCUT2D eigenvalue weighted by atomic mass is 10.0. The fourth-order valence-electron chi connectivity index (χ4n) is 6.57. The Morgan fingerprint density at radius 1 is 0.643 bits per heavy atom. The average Bonchev–Trinajstić information content (AvgIpc) is 3.28. The summed E-state index contributed by atoms with van der Waals surface area (Å²) in [4.78, 5) is 130. The minimum atomic E-state index is -1.92. The first-order valence-electron chi connectivity index (χ1n) is 22.7. The number of unbranched alkanes of at least 4 members (excludes halogenated alkanes) is 1. The molecule has 26 heteroatoms. The molecule has 1 aromatic carbocycles. The molecule has 8 amide bonds. The van der Waals surface area contributed by atoms with E-state index in [-0.39, 0.29) is 43.9 Å². The molecule has 0 heterocycles. The lowest BCUT2D eigenvalue weighted by molar-refractivity contribution is -0.143. The van der Waals surface area contributed by atoms with Crippen LogP contribution in [0.2, 0.25) is 0 Å². The second-order valence-electron chi connectivity index (χ2n) is 17.3. The monoisotopic (exact) mass is 1010 g/mol. The lowest BCUT2D eigenvalue weighted by Crippen LogP contribution is -2.62. The Morgan fingerprint density at radius 2 is 1.17 bits per heavy atom. The highest BCUT2D eigenvalue weighted by atomic mass is 32.2. The summed E-state index contributed by atoms with van der Waals surface area (Å²) < 4.78 is 0. The summed E-state index contributed by atoms with van der Waals surface area (Å²) in [5.74, 6) is -11.0. The SMILES string of the molecule is CSCC[C@H](NC(=O)[C@H](CC(C)C)NC(=O)[C@@H](N)Cc1ccc(O)cc1)C(=O)N[C@@H](CC(=O)O)C(=O)N[C@H](C(=O)N[C@@H](CO)C(=O)NCC(=O)N[C@@H](CCCCN)C(=O)N[C@H](C(=O)O)C(C)C)[C@@H](C)O. The molecule has 1 aromatic rings. The van der Waals surface area contributed by atoms with Crippen LogP contribution >= 0.6 is 11.8 Å². The van der Waals surface area contributed by atoms with Gasteiger partial charge in [0, 0.05) is 0 Å². The Kier molecular flexibility index (Phi) is 28.2. The predicted molar refractivity (Wildman–Crippen MR) is 255 cm³/mol. The van der Waals surface area contributed by atoms with Crippen molar-refractivity contribution >= 4 is 71.0 Å². The molecule has 394 valence electrons. The predicted octanol–water partition coefficient (Wildman–Crippen LogP) is -3.71. The van der Waals surface area contributed by atoms with Crippen LogP contribution < -0.4 is 54.0 Å².